The number of carbonyl (C=O) groups is 1. The zero-order chi connectivity index (χ0) is 14.5. The molecule has 2 aromatic rings. The van der Waals surface area contributed by atoms with Crippen molar-refractivity contribution in [3.8, 4) is 11.5 Å². The van der Waals surface area contributed by atoms with Gasteiger partial charge in [0.1, 0.15) is 11.5 Å². The third kappa shape index (κ3) is 3.26. The van der Waals surface area contributed by atoms with Crippen molar-refractivity contribution < 1.29 is 14.3 Å². The minimum absolute atomic E-state index is 0.337. The molecule has 5 heteroatoms. The molecule has 0 N–H and O–H groups in total. The van der Waals surface area contributed by atoms with Crippen molar-refractivity contribution in [2.24, 2.45) is 12.0 Å². The van der Waals surface area contributed by atoms with Crippen molar-refractivity contribution >= 4 is 5.91 Å². The minimum Gasteiger partial charge on any atom is -0.497 e. The van der Waals surface area contributed by atoms with Gasteiger partial charge in [0.2, 0.25) is 0 Å². The van der Waals surface area contributed by atoms with E-state index in [9.17, 15) is 4.79 Å². The summed E-state index contributed by atoms with van der Waals surface area (Å²) in [5.41, 5.74) is 0.425. The number of aromatic nitrogens is 1. The van der Waals surface area contributed by atoms with Crippen LogP contribution in [0.4, 0.5) is 0 Å². The number of benzene rings is 1. The van der Waals surface area contributed by atoms with Crippen molar-refractivity contribution in [2.75, 3.05) is 14.2 Å². The van der Waals surface area contributed by atoms with E-state index in [1.807, 2.05) is 24.0 Å². The quantitative estimate of drug-likeness (QED) is 0.856. The summed E-state index contributed by atoms with van der Waals surface area (Å²) in [6, 6.07) is 8.53. The number of methoxy groups -OCH3 is 2. The highest BCUT2D eigenvalue weighted by Crippen LogP contribution is 2.22. The Labute approximate surface area is 117 Å². The molecule has 0 saturated heterocycles. The van der Waals surface area contributed by atoms with E-state index in [4.69, 9.17) is 9.47 Å². The summed E-state index contributed by atoms with van der Waals surface area (Å²) in [4.78, 5) is 16.2. The summed E-state index contributed by atoms with van der Waals surface area (Å²) in [5.74, 6) is 0.778. The second-order valence-electron chi connectivity index (χ2n) is 4.24. The van der Waals surface area contributed by atoms with Crippen molar-refractivity contribution in [3.05, 3.63) is 53.6 Å². The molecule has 1 aromatic heterocycles. The van der Waals surface area contributed by atoms with Crippen molar-refractivity contribution in [3.63, 3.8) is 0 Å². The lowest BCUT2D eigenvalue weighted by Crippen LogP contribution is -2.08. The molecule has 0 spiro atoms. The van der Waals surface area contributed by atoms with Gasteiger partial charge in [-0.25, -0.2) is 4.99 Å². The Balaban J connectivity index is 2.38. The van der Waals surface area contributed by atoms with E-state index in [2.05, 4.69) is 4.99 Å². The van der Waals surface area contributed by atoms with E-state index < -0.39 is 0 Å². The first-order valence-corrected chi connectivity index (χ1v) is 6.07. The average molecular weight is 272 g/mol. The van der Waals surface area contributed by atoms with Gasteiger partial charge in [0.15, 0.2) is 0 Å². The maximum atomic E-state index is 12.2. The summed E-state index contributed by atoms with van der Waals surface area (Å²) in [5, 5.41) is 0.606. The van der Waals surface area contributed by atoms with Gasteiger partial charge >= 0.3 is 0 Å². The summed E-state index contributed by atoms with van der Waals surface area (Å²) < 4.78 is 12.1. The molecule has 0 atom stereocenters. The Kier molecular flexibility index (Phi) is 4.20. The van der Waals surface area contributed by atoms with Crippen LogP contribution in [0, 0.1) is 0 Å². The van der Waals surface area contributed by atoms with Crippen LogP contribution in [0.15, 0.2) is 47.7 Å². The van der Waals surface area contributed by atoms with Crippen LogP contribution in [0.3, 0.4) is 0 Å². The Hall–Kier alpha value is -2.56. The smallest absolute Gasteiger partial charge is 0.277 e. The molecule has 1 amide bonds. The first-order valence-electron chi connectivity index (χ1n) is 6.07. The van der Waals surface area contributed by atoms with Crippen LogP contribution >= 0.6 is 0 Å². The van der Waals surface area contributed by atoms with E-state index in [1.165, 1.54) is 14.2 Å². The zero-order valence-corrected chi connectivity index (χ0v) is 11.7. The van der Waals surface area contributed by atoms with E-state index in [0.717, 1.165) is 0 Å². The van der Waals surface area contributed by atoms with Crippen molar-refractivity contribution in [2.45, 2.75) is 0 Å². The maximum Gasteiger partial charge on any atom is 0.277 e. The second kappa shape index (κ2) is 6.06. The molecule has 0 aliphatic heterocycles. The molecular weight excluding hydrogens is 256 g/mol. The number of rotatable bonds is 3. The predicted octanol–water partition coefficient (Wildman–Crippen LogP) is 1.78. The van der Waals surface area contributed by atoms with Gasteiger partial charge in [-0.3, -0.25) is 4.79 Å². The van der Waals surface area contributed by atoms with Gasteiger partial charge in [-0.15, -0.1) is 0 Å². The number of hydrogen-bond donors (Lipinski definition) is 0. The lowest BCUT2D eigenvalue weighted by atomic mass is 10.2. The number of aryl methyl sites for hydroxylation is 1. The summed E-state index contributed by atoms with van der Waals surface area (Å²) in [6.45, 7) is 0. The molecule has 5 nitrogen and oxygen atoms in total. The van der Waals surface area contributed by atoms with Gasteiger partial charge in [0, 0.05) is 31.1 Å². The minimum atomic E-state index is -0.337. The van der Waals surface area contributed by atoms with Crippen molar-refractivity contribution in [1.29, 1.82) is 0 Å². The number of pyridine rings is 1. The fourth-order valence-corrected chi connectivity index (χ4v) is 1.68. The SMILES string of the molecule is COc1cc(OC)cc(C(=O)N=c2ccn(C)cc2)c1. The average Bonchev–Trinajstić information content (AvgIpc) is 2.48. The van der Waals surface area contributed by atoms with E-state index in [1.54, 1.807) is 30.3 Å². The molecule has 104 valence electrons. The fourth-order valence-electron chi connectivity index (χ4n) is 1.68. The van der Waals surface area contributed by atoms with Crippen LogP contribution in [0.2, 0.25) is 0 Å². The van der Waals surface area contributed by atoms with Gasteiger partial charge in [0.25, 0.3) is 5.91 Å². The molecule has 2 rings (SSSR count). The van der Waals surface area contributed by atoms with Crippen LogP contribution in [-0.2, 0) is 7.05 Å². The molecule has 0 radical (unpaired) electrons. The molecule has 0 aliphatic rings. The van der Waals surface area contributed by atoms with Gasteiger partial charge in [0.05, 0.1) is 19.6 Å². The van der Waals surface area contributed by atoms with E-state index in [0.29, 0.717) is 22.4 Å². The number of hydrogen-bond acceptors (Lipinski definition) is 3. The maximum absolute atomic E-state index is 12.2. The first-order chi connectivity index (χ1) is 9.62. The molecule has 20 heavy (non-hydrogen) atoms. The van der Waals surface area contributed by atoms with E-state index in [-0.39, 0.29) is 5.91 Å². The first kappa shape index (κ1) is 13.9. The molecule has 0 unspecified atom stereocenters. The number of carbonyl (C=O) groups excluding carboxylic acids is 1. The van der Waals surface area contributed by atoms with Crippen molar-refractivity contribution in [1.82, 2.24) is 4.57 Å². The van der Waals surface area contributed by atoms with Crippen LogP contribution in [0.25, 0.3) is 0 Å². The number of amides is 1. The van der Waals surface area contributed by atoms with Gasteiger partial charge in [-0.2, -0.15) is 0 Å². The lowest BCUT2D eigenvalue weighted by Gasteiger charge is -2.06. The topological polar surface area (TPSA) is 52.8 Å². The highest BCUT2D eigenvalue weighted by atomic mass is 16.5. The normalized spacial score (nSPS) is 9.95. The standard InChI is InChI=1S/C15H16N2O3/c1-17-6-4-12(5-7-17)16-15(18)11-8-13(19-2)10-14(9-11)20-3/h4-10H,1-3H3. The molecule has 0 fully saturated rings. The molecule has 1 aromatic carbocycles. The third-order valence-corrected chi connectivity index (χ3v) is 2.79. The molecule has 0 aliphatic carbocycles. The lowest BCUT2D eigenvalue weighted by molar-refractivity contribution is 0.0997. The molecule has 0 bridgehead atoms. The summed E-state index contributed by atoms with van der Waals surface area (Å²) in [7, 11) is 4.98. The Bertz CT molecular complexity index is 647. The van der Waals surface area contributed by atoms with Crippen LogP contribution in [0.5, 0.6) is 11.5 Å². The zero-order valence-electron chi connectivity index (χ0n) is 11.7. The largest absolute Gasteiger partial charge is 0.497 e. The Morgan fingerprint density at radius 1 is 1.05 bits per heavy atom. The Morgan fingerprint density at radius 2 is 1.60 bits per heavy atom. The summed E-state index contributed by atoms with van der Waals surface area (Å²) in [6.07, 6.45) is 3.66. The number of ether oxygens (including phenoxy) is 2. The highest BCUT2D eigenvalue weighted by Gasteiger charge is 2.08. The van der Waals surface area contributed by atoms with Gasteiger partial charge in [-0.1, -0.05) is 0 Å². The third-order valence-electron chi connectivity index (χ3n) is 2.79. The van der Waals surface area contributed by atoms with Crippen LogP contribution in [-0.4, -0.2) is 24.7 Å². The fraction of sp³-hybridized carbons (Fsp3) is 0.200. The molecule has 0 saturated carbocycles. The van der Waals surface area contributed by atoms with E-state index >= 15 is 0 Å². The Morgan fingerprint density at radius 3 is 2.10 bits per heavy atom. The molecule has 1 heterocycles. The van der Waals surface area contributed by atoms with Crippen LogP contribution < -0.4 is 14.8 Å². The van der Waals surface area contributed by atoms with Crippen LogP contribution in [0.1, 0.15) is 10.4 Å². The van der Waals surface area contributed by atoms with Gasteiger partial charge < -0.3 is 14.0 Å². The number of nitrogens with zero attached hydrogens (tertiary/aromatic N) is 2. The monoisotopic (exact) mass is 272 g/mol. The molecular formula is C15H16N2O3. The van der Waals surface area contributed by atoms with Gasteiger partial charge in [-0.05, 0) is 24.3 Å². The predicted molar refractivity (Wildman–Crippen MR) is 74.9 cm³/mol. The second-order valence-corrected chi connectivity index (χ2v) is 4.24. The summed E-state index contributed by atoms with van der Waals surface area (Å²) >= 11 is 0. The highest BCUT2D eigenvalue weighted by molar-refractivity contribution is 5.95.